The molecule has 0 aliphatic carbocycles. The van der Waals surface area contributed by atoms with E-state index in [2.05, 4.69) is 10.1 Å². The fourth-order valence-corrected chi connectivity index (χ4v) is 2.86. The van der Waals surface area contributed by atoms with Gasteiger partial charge in [0.05, 0.1) is 29.3 Å². The molecule has 3 aromatic rings. The minimum absolute atomic E-state index is 0.0333. The van der Waals surface area contributed by atoms with Crippen molar-refractivity contribution in [2.75, 3.05) is 6.61 Å². The number of esters is 1. The summed E-state index contributed by atoms with van der Waals surface area (Å²) in [6.45, 7) is 6.07. The highest BCUT2D eigenvalue weighted by molar-refractivity contribution is 6.31. The number of amides is 1. The predicted octanol–water partition coefficient (Wildman–Crippen LogP) is 3.31. The fourth-order valence-electron chi connectivity index (χ4n) is 2.69. The molecule has 0 atom stereocenters. The van der Waals surface area contributed by atoms with Crippen molar-refractivity contribution in [3.05, 3.63) is 58.0 Å². The smallest absolute Gasteiger partial charge is 0.342 e. The van der Waals surface area contributed by atoms with Crippen molar-refractivity contribution in [1.82, 2.24) is 14.8 Å². The number of nitriles is 1. The molecular formula is C20H20ClN5O3. The lowest BCUT2D eigenvalue weighted by molar-refractivity contribution is 0.0525. The Labute approximate surface area is 172 Å². The first-order valence-electron chi connectivity index (χ1n) is 8.95. The van der Waals surface area contributed by atoms with Gasteiger partial charge in [0.15, 0.2) is 5.69 Å². The largest absolute Gasteiger partial charge is 0.462 e. The van der Waals surface area contributed by atoms with E-state index in [4.69, 9.17) is 22.1 Å². The molecule has 0 aliphatic heterocycles. The lowest BCUT2D eigenvalue weighted by atomic mass is 10.0. The van der Waals surface area contributed by atoms with E-state index in [0.29, 0.717) is 21.5 Å². The molecule has 0 spiro atoms. The molecule has 1 aromatic carbocycles. The molecular weight excluding hydrogens is 394 g/mol. The minimum Gasteiger partial charge on any atom is -0.462 e. The quantitative estimate of drug-likeness (QED) is 0.640. The van der Waals surface area contributed by atoms with Crippen LogP contribution in [0.25, 0.3) is 10.9 Å². The number of rotatable bonds is 5. The number of hydrogen-bond donors (Lipinski definition) is 1. The maximum atomic E-state index is 11.9. The molecule has 150 valence electrons. The van der Waals surface area contributed by atoms with Crippen molar-refractivity contribution in [1.29, 1.82) is 5.26 Å². The van der Waals surface area contributed by atoms with Crippen LogP contribution in [-0.4, -0.2) is 33.2 Å². The van der Waals surface area contributed by atoms with Crippen molar-refractivity contribution in [3.8, 4) is 6.07 Å². The van der Waals surface area contributed by atoms with Gasteiger partial charge in [-0.3, -0.25) is 14.5 Å². The van der Waals surface area contributed by atoms with E-state index in [1.807, 2.05) is 19.9 Å². The Bertz CT molecular complexity index is 1100. The summed E-state index contributed by atoms with van der Waals surface area (Å²) in [5.41, 5.74) is 6.89. The molecule has 9 heteroatoms. The molecule has 1 amide bonds. The average molecular weight is 414 g/mol. The minimum atomic E-state index is -0.623. The number of hydrogen-bond acceptors (Lipinski definition) is 6. The second-order valence-corrected chi connectivity index (χ2v) is 6.09. The topological polar surface area (TPSA) is 124 Å². The van der Waals surface area contributed by atoms with Crippen LogP contribution in [0.1, 0.15) is 52.7 Å². The van der Waals surface area contributed by atoms with Crippen LogP contribution in [0.15, 0.2) is 30.6 Å². The molecule has 0 fully saturated rings. The van der Waals surface area contributed by atoms with Crippen molar-refractivity contribution in [3.63, 3.8) is 0 Å². The van der Waals surface area contributed by atoms with E-state index >= 15 is 0 Å². The van der Waals surface area contributed by atoms with Crippen molar-refractivity contribution >= 4 is 34.4 Å². The normalized spacial score (nSPS) is 10.0. The summed E-state index contributed by atoms with van der Waals surface area (Å²) in [6, 6.07) is 6.94. The molecule has 8 nitrogen and oxygen atoms in total. The fraction of sp³-hybridized carbons (Fsp3) is 0.250. The van der Waals surface area contributed by atoms with Gasteiger partial charge in [0.1, 0.15) is 11.6 Å². The number of carbonyl (C=O) groups excluding carboxylic acids is 2. The third-order valence-corrected chi connectivity index (χ3v) is 3.99. The second-order valence-electron chi connectivity index (χ2n) is 5.65. The third-order valence-electron chi connectivity index (χ3n) is 3.78. The number of fused-ring (bicyclic) bond motifs is 1. The van der Waals surface area contributed by atoms with Gasteiger partial charge in [-0.1, -0.05) is 25.4 Å². The molecule has 2 N–H and O–H groups in total. The number of ether oxygens (including phenoxy) is 1. The van der Waals surface area contributed by atoms with E-state index in [0.717, 1.165) is 0 Å². The zero-order valence-corrected chi connectivity index (χ0v) is 17.0. The second kappa shape index (κ2) is 9.66. The Hall–Kier alpha value is -3.44. The molecule has 0 saturated heterocycles. The number of aromatic nitrogens is 3. The molecule has 2 heterocycles. The van der Waals surface area contributed by atoms with E-state index in [1.54, 1.807) is 25.1 Å². The highest BCUT2D eigenvalue weighted by Crippen LogP contribution is 2.23. The number of pyridine rings is 1. The number of primary amides is 1. The van der Waals surface area contributed by atoms with Gasteiger partial charge in [-0.05, 0) is 30.7 Å². The van der Waals surface area contributed by atoms with E-state index in [-0.39, 0.29) is 30.0 Å². The van der Waals surface area contributed by atoms with Gasteiger partial charge in [-0.25, -0.2) is 4.79 Å². The average Bonchev–Trinajstić information content (AvgIpc) is 3.11. The summed E-state index contributed by atoms with van der Waals surface area (Å²) in [4.78, 5) is 27.9. The number of carbonyl (C=O) groups is 2. The van der Waals surface area contributed by atoms with Crippen LogP contribution in [0.4, 0.5) is 0 Å². The van der Waals surface area contributed by atoms with Gasteiger partial charge in [0.25, 0.3) is 5.91 Å². The Morgan fingerprint density at radius 3 is 2.62 bits per heavy atom. The molecule has 29 heavy (non-hydrogen) atoms. The summed E-state index contributed by atoms with van der Waals surface area (Å²) >= 11 is 5.99. The lowest BCUT2D eigenvalue weighted by Gasteiger charge is -2.08. The summed E-state index contributed by atoms with van der Waals surface area (Å²) in [7, 11) is 0. The highest BCUT2D eigenvalue weighted by Gasteiger charge is 2.18. The Kier molecular flexibility index (Phi) is 7.28. The maximum Gasteiger partial charge on any atom is 0.342 e. The van der Waals surface area contributed by atoms with Crippen molar-refractivity contribution in [2.24, 2.45) is 5.73 Å². The SMILES string of the molecule is CC.CCOC(=O)c1cn(Cc2cc(C(N)=O)c3ncc(Cl)cc3c2)nc1C#N. The zero-order valence-electron chi connectivity index (χ0n) is 16.3. The number of nitrogens with two attached hydrogens (primary N) is 1. The first-order chi connectivity index (χ1) is 13.9. The summed E-state index contributed by atoms with van der Waals surface area (Å²) < 4.78 is 6.35. The van der Waals surface area contributed by atoms with Crippen LogP contribution in [0, 0.1) is 11.3 Å². The van der Waals surface area contributed by atoms with E-state index in [9.17, 15) is 14.9 Å². The number of nitrogens with zero attached hydrogens (tertiary/aromatic N) is 4. The van der Waals surface area contributed by atoms with Crippen molar-refractivity contribution < 1.29 is 14.3 Å². The molecule has 2 aromatic heterocycles. The van der Waals surface area contributed by atoms with Gasteiger partial charge in [0, 0.05) is 17.8 Å². The van der Waals surface area contributed by atoms with Gasteiger partial charge >= 0.3 is 5.97 Å². The maximum absolute atomic E-state index is 11.9. The highest BCUT2D eigenvalue weighted by atomic mass is 35.5. The summed E-state index contributed by atoms with van der Waals surface area (Å²) in [6.07, 6.45) is 2.87. The third kappa shape index (κ3) is 4.89. The Morgan fingerprint density at radius 1 is 1.28 bits per heavy atom. The standard InChI is InChI=1S/C18H14ClN5O3.C2H6/c1-2-27-18(26)14-9-24(23-15(14)6-20)8-10-3-11-5-12(19)7-22-16(11)13(4-10)17(21)25;1-2/h3-5,7,9H,2,8H2,1H3,(H2,21,25);1-2H3. The molecule has 0 aliphatic rings. The number of benzene rings is 1. The Morgan fingerprint density at radius 2 is 2.00 bits per heavy atom. The molecule has 0 bridgehead atoms. The van der Waals surface area contributed by atoms with Gasteiger partial charge < -0.3 is 10.5 Å². The number of halogens is 1. The molecule has 0 saturated carbocycles. The monoisotopic (exact) mass is 413 g/mol. The predicted molar refractivity (Wildman–Crippen MR) is 109 cm³/mol. The Balaban J connectivity index is 0.00000145. The van der Waals surface area contributed by atoms with Gasteiger partial charge in [-0.15, -0.1) is 0 Å². The van der Waals surface area contributed by atoms with Crippen LogP contribution in [-0.2, 0) is 11.3 Å². The van der Waals surface area contributed by atoms with E-state index in [1.165, 1.54) is 17.1 Å². The molecule has 0 unspecified atom stereocenters. The lowest BCUT2D eigenvalue weighted by Crippen LogP contribution is -2.13. The van der Waals surface area contributed by atoms with Crippen LogP contribution >= 0.6 is 11.6 Å². The van der Waals surface area contributed by atoms with Crippen LogP contribution in [0.2, 0.25) is 5.02 Å². The zero-order chi connectivity index (χ0) is 21.6. The van der Waals surface area contributed by atoms with E-state index < -0.39 is 11.9 Å². The summed E-state index contributed by atoms with van der Waals surface area (Å²) in [5.74, 6) is -1.24. The van der Waals surface area contributed by atoms with Crippen LogP contribution in [0.5, 0.6) is 0 Å². The molecule has 0 radical (unpaired) electrons. The van der Waals surface area contributed by atoms with Crippen LogP contribution < -0.4 is 5.73 Å². The first-order valence-corrected chi connectivity index (χ1v) is 9.33. The van der Waals surface area contributed by atoms with Crippen molar-refractivity contribution in [2.45, 2.75) is 27.3 Å². The van der Waals surface area contributed by atoms with Gasteiger partial charge in [-0.2, -0.15) is 10.4 Å². The van der Waals surface area contributed by atoms with Gasteiger partial charge in [0.2, 0.25) is 0 Å². The molecule has 3 rings (SSSR count). The van der Waals surface area contributed by atoms with Crippen LogP contribution in [0.3, 0.4) is 0 Å². The first kappa shape index (κ1) is 21.9. The summed E-state index contributed by atoms with van der Waals surface area (Å²) in [5, 5.41) is 14.3.